The topological polar surface area (TPSA) is 43.1 Å². The van der Waals surface area contributed by atoms with Gasteiger partial charge in [-0.25, -0.2) is 9.97 Å². The van der Waals surface area contributed by atoms with E-state index in [0.717, 1.165) is 17.9 Å². The highest BCUT2D eigenvalue weighted by molar-refractivity contribution is 5.28. The molecule has 0 N–H and O–H groups in total. The molecule has 0 aliphatic heterocycles. The van der Waals surface area contributed by atoms with Gasteiger partial charge >= 0.3 is 0 Å². The number of pyridine rings is 1. The first-order valence-electron chi connectivity index (χ1n) is 6.95. The van der Waals surface area contributed by atoms with E-state index in [4.69, 9.17) is 0 Å². The minimum Gasteiger partial charge on any atom is -0.291 e. The summed E-state index contributed by atoms with van der Waals surface area (Å²) in [6.07, 6.45) is 10.3. The van der Waals surface area contributed by atoms with E-state index in [1.807, 2.05) is 55.9 Å². The van der Waals surface area contributed by atoms with Crippen molar-refractivity contribution in [1.29, 1.82) is 0 Å². The van der Waals surface area contributed by atoms with Crippen molar-refractivity contribution in [3.05, 3.63) is 60.4 Å². The summed E-state index contributed by atoms with van der Waals surface area (Å²) in [6, 6.07) is 5.99. The molecular formula is C16H22N4. The summed E-state index contributed by atoms with van der Waals surface area (Å²) in [7, 11) is 0. The molecule has 0 aliphatic carbocycles. The van der Waals surface area contributed by atoms with E-state index in [0.29, 0.717) is 0 Å². The molecule has 0 atom stereocenters. The van der Waals surface area contributed by atoms with Crippen LogP contribution in [0.15, 0.2) is 49.2 Å². The molecule has 0 spiro atoms. The summed E-state index contributed by atoms with van der Waals surface area (Å²) in [5.41, 5.74) is 2.30. The van der Waals surface area contributed by atoms with Crippen molar-refractivity contribution >= 4 is 5.78 Å². The first-order valence-corrected chi connectivity index (χ1v) is 6.95. The Morgan fingerprint density at radius 1 is 1.10 bits per heavy atom. The van der Waals surface area contributed by atoms with E-state index in [2.05, 4.69) is 27.9 Å². The van der Waals surface area contributed by atoms with Gasteiger partial charge in [0.05, 0.1) is 0 Å². The Balaban J connectivity index is 0.000000182. The number of aromatic nitrogens is 4. The Labute approximate surface area is 120 Å². The molecule has 3 aromatic heterocycles. The number of aryl methyl sites for hydroxylation is 2. The van der Waals surface area contributed by atoms with Crippen LogP contribution in [0, 0.1) is 6.92 Å². The number of nitrogens with zero attached hydrogens (tertiary/aromatic N) is 4. The zero-order valence-electron chi connectivity index (χ0n) is 12.6. The lowest BCUT2D eigenvalue weighted by atomic mass is 10.2. The Morgan fingerprint density at radius 3 is 2.50 bits per heavy atom. The lowest BCUT2D eigenvalue weighted by Gasteiger charge is -1.91. The molecule has 4 heteroatoms. The largest absolute Gasteiger partial charge is 0.291 e. The van der Waals surface area contributed by atoms with Crippen LogP contribution in [0.5, 0.6) is 0 Å². The Bertz CT molecular complexity index is 602. The molecule has 3 heterocycles. The van der Waals surface area contributed by atoms with E-state index < -0.39 is 0 Å². The monoisotopic (exact) mass is 270 g/mol. The third-order valence-corrected chi connectivity index (χ3v) is 2.53. The zero-order valence-corrected chi connectivity index (χ0v) is 12.6. The molecule has 0 unspecified atom stereocenters. The molecule has 3 aromatic rings. The maximum absolute atomic E-state index is 4.19. The molecule has 4 nitrogen and oxygen atoms in total. The van der Waals surface area contributed by atoms with E-state index >= 15 is 0 Å². The second kappa shape index (κ2) is 8.80. The molecule has 0 radical (unpaired) electrons. The standard InChI is InChI=1S/C7H7N3.C7H9N.C2H6/c1-6-2-4-10-5-3-8-7(10)9-6;1-2-7-4-3-5-8-6-7;1-2/h2-5H,1H3;3-6H,2H2,1H3;1-2H3. The fourth-order valence-electron chi connectivity index (χ4n) is 1.50. The molecule has 0 aliphatic rings. The zero-order chi connectivity index (χ0) is 14.8. The second-order valence-electron chi connectivity index (χ2n) is 3.92. The Kier molecular flexibility index (Phi) is 6.96. The van der Waals surface area contributed by atoms with Crippen molar-refractivity contribution in [1.82, 2.24) is 19.4 Å². The third kappa shape index (κ3) is 4.80. The Morgan fingerprint density at radius 2 is 1.90 bits per heavy atom. The van der Waals surface area contributed by atoms with Crippen LogP contribution < -0.4 is 0 Å². The number of fused-ring (bicyclic) bond motifs is 1. The van der Waals surface area contributed by atoms with Crippen LogP contribution in [0.3, 0.4) is 0 Å². The summed E-state index contributed by atoms with van der Waals surface area (Å²) < 4.78 is 1.88. The fraction of sp³-hybridized carbons (Fsp3) is 0.312. The van der Waals surface area contributed by atoms with Gasteiger partial charge in [0.2, 0.25) is 5.78 Å². The van der Waals surface area contributed by atoms with Gasteiger partial charge in [0.25, 0.3) is 0 Å². The average molecular weight is 270 g/mol. The number of hydrogen-bond donors (Lipinski definition) is 0. The lowest BCUT2D eigenvalue weighted by Crippen LogP contribution is -1.88. The number of rotatable bonds is 1. The molecule has 20 heavy (non-hydrogen) atoms. The summed E-state index contributed by atoms with van der Waals surface area (Å²) >= 11 is 0. The van der Waals surface area contributed by atoms with Gasteiger partial charge in [-0.3, -0.25) is 9.38 Å². The smallest absolute Gasteiger partial charge is 0.233 e. The summed E-state index contributed by atoms with van der Waals surface area (Å²) in [4.78, 5) is 12.2. The van der Waals surface area contributed by atoms with Crippen molar-refractivity contribution in [2.75, 3.05) is 0 Å². The van der Waals surface area contributed by atoms with Crippen LogP contribution >= 0.6 is 0 Å². The highest BCUT2D eigenvalue weighted by Crippen LogP contribution is 1.97. The third-order valence-electron chi connectivity index (χ3n) is 2.53. The van der Waals surface area contributed by atoms with Gasteiger partial charge in [-0.1, -0.05) is 26.8 Å². The summed E-state index contributed by atoms with van der Waals surface area (Å²) in [5.74, 6) is 0.764. The predicted octanol–water partition coefficient (Wildman–Crippen LogP) is 3.71. The van der Waals surface area contributed by atoms with Crippen molar-refractivity contribution in [2.45, 2.75) is 34.1 Å². The van der Waals surface area contributed by atoms with Gasteiger partial charge in [-0.05, 0) is 31.0 Å². The average Bonchev–Trinajstić information content (AvgIpc) is 2.98. The van der Waals surface area contributed by atoms with Gasteiger partial charge in [0.1, 0.15) is 0 Å². The van der Waals surface area contributed by atoms with Crippen molar-refractivity contribution < 1.29 is 0 Å². The Hall–Kier alpha value is -2.23. The molecule has 0 fully saturated rings. The van der Waals surface area contributed by atoms with Crippen molar-refractivity contribution in [3.63, 3.8) is 0 Å². The van der Waals surface area contributed by atoms with E-state index in [1.165, 1.54) is 5.56 Å². The van der Waals surface area contributed by atoms with Gasteiger partial charge in [-0.2, -0.15) is 0 Å². The normalized spacial score (nSPS) is 9.20. The molecule has 0 aromatic carbocycles. The van der Waals surface area contributed by atoms with Crippen LogP contribution in [0.25, 0.3) is 5.78 Å². The first-order chi connectivity index (χ1) is 9.79. The molecule has 0 saturated carbocycles. The van der Waals surface area contributed by atoms with E-state index in [9.17, 15) is 0 Å². The highest BCUT2D eigenvalue weighted by Gasteiger charge is 1.91. The molecule has 0 saturated heterocycles. The van der Waals surface area contributed by atoms with Gasteiger partial charge in [0, 0.05) is 36.7 Å². The van der Waals surface area contributed by atoms with E-state index in [-0.39, 0.29) is 0 Å². The summed E-state index contributed by atoms with van der Waals surface area (Å²) in [6.45, 7) is 8.08. The lowest BCUT2D eigenvalue weighted by molar-refractivity contribution is 1.07. The fourth-order valence-corrected chi connectivity index (χ4v) is 1.50. The van der Waals surface area contributed by atoms with Gasteiger partial charge in [-0.15, -0.1) is 0 Å². The van der Waals surface area contributed by atoms with Crippen molar-refractivity contribution in [3.8, 4) is 0 Å². The predicted molar refractivity (Wildman–Crippen MR) is 82.7 cm³/mol. The molecule has 0 bridgehead atoms. The van der Waals surface area contributed by atoms with E-state index in [1.54, 1.807) is 12.4 Å². The SMILES string of the molecule is CC.CCc1cccnc1.Cc1ccn2ccnc2n1. The minimum absolute atomic E-state index is 0.764. The quantitative estimate of drug-likeness (QED) is 0.677. The molecule has 106 valence electrons. The van der Waals surface area contributed by atoms with Crippen LogP contribution in [0.1, 0.15) is 32.0 Å². The van der Waals surface area contributed by atoms with Crippen LogP contribution in [0.2, 0.25) is 0 Å². The van der Waals surface area contributed by atoms with Gasteiger partial charge < -0.3 is 0 Å². The van der Waals surface area contributed by atoms with Crippen LogP contribution in [-0.2, 0) is 6.42 Å². The second-order valence-corrected chi connectivity index (χ2v) is 3.92. The number of imidazole rings is 1. The first kappa shape index (κ1) is 15.8. The van der Waals surface area contributed by atoms with Crippen LogP contribution in [-0.4, -0.2) is 19.4 Å². The van der Waals surface area contributed by atoms with Crippen LogP contribution in [0.4, 0.5) is 0 Å². The molecular weight excluding hydrogens is 248 g/mol. The maximum Gasteiger partial charge on any atom is 0.233 e. The minimum atomic E-state index is 0.764. The van der Waals surface area contributed by atoms with Gasteiger partial charge in [0.15, 0.2) is 0 Å². The van der Waals surface area contributed by atoms with Crippen molar-refractivity contribution in [2.24, 2.45) is 0 Å². The summed E-state index contributed by atoms with van der Waals surface area (Å²) in [5, 5.41) is 0. The number of hydrogen-bond acceptors (Lipinski definition) is 3. The maximum atomic E-state index is 4.19. The molecule has 0 amide bonds. The molecule has 3 rings (SSSR count). The highest BCUT2D eigenvalue weighted by atomic mass is 15.1.